The zero-order chi connectivity index (χ0) is 43.7. The van der Waals surface area contributed by atoms with Crippen LogP contribution in [0.5, 0.6) is 11.5 Å². The van der Waals surface area contributed by atoms with Gasteiger partial charge in [0.1, 0.15) is 11.4 Å². The number of amides is 3. The fraction of sp³-hybridized carbons (Fsp3) is 0.488. The summed E-state index contributed by atoms with van der Waals surface area (Å²) in [5.41, 5.74) is 0.848. The van der Waals surface area contributed by atoms with Gasteiger partial charge < -0.3 is 53.8 Å². The highest BCUT2D eigenvalue weighted by molar-refractivity contribution is 7.15. The Balaban J connectivity index is 1.03. The largest absolute Gasteiger partial charge is 0.496 e. The lowest BCUT2D eigenvalue weighted by molar-refractivity contribution is -0.136. The summed E-state index contributed by atoms with van der Waals surface area (Å²) in [6.07, 6.45) is 4.38. The third-order valence-corrected chi connectivity index (χ3v) is 9.09. The summed E-state index contributed by atoms with van der Waals surface area (Å²) in [4.78, 5) is 55.3. The van der Waals surface area contributed by atoms with Crippen LogP contribution in [0.15, 0.2) is 48.1 Å². The van der Waals surface area contributed by atoms with E-state index in [9.17, 15) is 28.0 Å². The van der Waals surface area contributed by atoms with Crippen LogP contribution in [-0.4, -0.2) is 126 Å². The molecule has 4 aromatic rings. The monoisotopic (exact) mass is 877 g/mol. The summed E-state index contributed by atoms with van der Waals surface area (Å²) in [5, 5.41) is 9.86. The highest BCUT2D eigenvalue weighted by Gasteiger charge is 2.19. The lowest BCUT2D eigenvalue weighted by Crippen LogP contribution is -2.27. The number of methoxy groups -OCH3 is 1. The van der Waals surface area contributed by atoms with Crippen LogP contribution in [0.1, 0.15) is 59.0 Å². The number of ether oxygens (including phenoxy) is 8. The smallest absolute Gasteiger partial charge is 0.313 e. The number of hydrogen-bond acceptors (Lipinski definition) is 14. The molecule has 0 unspecified atom stereocenters. The maximum atomic E-state index is 14.7. The second-order valence-corrected chi connectivity index (χ2v) is 13.9. The zero-order valence-electron chi connectivity index (χ0n) is 34.3. The predicted molar refractivity (Wildman–Crippen MR) is 219 cm³/mol. The summed E-state index contributed by atoms with van der Waals surface area (Å²) >= 11 is 1.39. The lowest BCUT2D eigenvalue weighted by Gasteiger charge is -2.12. The second-order valence-electron chi connectivity index (χ2n) is 13.0. The van der Waals surface area contributed by atoms with Crippen LogP contribution in [0.4, 0.5) is 14.5 Å². The van der Waals surface area contributed by atoms with E-state index in [1.807, 2.05) is 5.38 Å². The number of hydrogen-bond donors (Lipinski definition) is 3. The van der Waals surface area contributed by atoms with Gasteiger partial charge >= 0.3 is 5.97 Å². The van der Waals surface area contributed by atoms with Gasteiger partial charge in [-0.15, -0.1) is 11.3 Å². The van der Waals surface area contributed by atoms with Gasteiger partial charge in [-0.3, -0.25) is 23.6 Å². The molecule has 2 heterocycles. The molecule has 0 spiro atoms. The minimum Gasteiger partial charge on any atom is -0.496 e. The van der Waals surface area contributed by atoms with Crippen molar-refractivity contribution in [2.75, 3.05) is 98.3 Å². The number of nitrogens with zero attached hydrogens (tertiary/aromatic N) is 2. The van der Waals surface area contributed by atoms with E-state index in [4.69, 9.17) is 37.9 Å². The number of imidazole rings is 1. The van der Waals surface area contributed by atoms with Crippen LogP contribution in [0, 0.1) is 11.6 Å². The number of nitrogens with one attached hydrogen (secondary N) is 3. The number of benzene rings is 2. The van der Waals surface area contributed by atoms with Gasteiger partial charge in [-0.1, -0.05) is 6.92 Å². The van der Waals surface area contributed by atoms with E-state index in [1.54, 1.807) is 28.9 Å². The Kier molecular flexibility index (Phi) is 22.1. The first-order chi connectivity index (χ1) is 29.7. The molecule has 3 amide bonds. The Morgan fingerprint density at radius 2 is 1.36 bits per heavy atom. The number of halogens is 2. The highest BCUT2D eigenvalue weighted by Crippen LogP contribution is 2.25. The van der Waals surface area contributed by atoms with Crippen molar-refractivity contribution < 1.29 is 65.9 Å². The molecule has 3 N–H and O–H groups in total. The molecule has 0 bridgehead atoms. The third kappa shape index (κ3) is 17.8. The van der Waals surface area contributed by atoms with E-state index in [-0.39, 0.29) is 74.7 Å². The predicted octanol–water partition coefficient (Wildman–Crippen LogP) is 4.57. The van der Waals surface area contributed by atoms with E-state index in [1.165, 1.54) is 24.5 Å². The Morgan fingerprint density at radius 3 is 1.95 bits per heavy atom. The molecule has 0 saturated heterocycles. The Morgan fingerprint density at radius 1 is 0.754 bits per heavy atom. The van der Waals surface area contributed by atoms with Crippen LogP contribution in [-0.2, 0) is 44.6 Å². The first-order valence-corrected chi connectivity index (χ1v) is 20.7. The number of thiazole rings is 1. The number of esters is 1. The minimum atomic E-state index is -1.11. The highest BCUT2D eigenvalue weighted by atomic mass is 32.1. The molecule has 0 aliphatic heterocycles. The third-order valence-electron chi connectivity index (χ3n) is 8.32. The SMILES string of the molecule is CCCOCCOCCOCCOCCOCCOCCC(=O)Oc1c(F)cc(CNC(=O)CCCNC(=O)c2cc(NC(=O)c3cn4ccsc4n3)ccc2OC)cc1F. The maximum Gasteiger partial charge on any atom is 0.313 e. The van der Waals surface area contributed by atoms with E-state index >= 15 is 0 Å². The van der Waals surface area contributed by atoms with Crippen LogP contribution < -0.4 is 25.4 Å². The molecule has 2 aromatic heterocycles. The van der Waals surface area contributed by atoms with Gasteiger partial charge in [-0.25, -0.2) is 13.8 Å². The van der Waals surface area contributed by atoms with Gasteiger partial charge in [0.15, 0.2) is 16.6 Å². The fourth-order valence-corrected chi connectivity index (χ4v) is 6.01. The maximum absolute atomic E-state index is 14.7. The Hall–Kier alpha value is -5.09. The van der Waals surface area contributed by atoms with Crippen molar-refractivity contribution in [2.24, 2.45) is 0 Å². The second kappa shape index (κ2) is 27.7. The molecular formula is C41H53F2N5O12S. The first kappa shape index (κ1) is 48.6. The molecule has 17 nitrogen and oxygen atoms in total. The van der Waals surface area contributed by atoms with Gasteiger partial charge in [0.2, 0.25) is 11.7 Å². The van der Waals surface area contributed by atoms with E-state index in [0.29, 0.717) is 63.5 Å². The lowest BCUT2D eigenvalue weighted by atomic mass is 10.1. The van der Waals surface area contributed by atoms with Gasteiger partial charge in [0, 0.05) is 49.6 Å². The topological polar surface area (TPSA) is 196 Å². The molecule has 61 heavy (non-hydrogen) atoms. The quantitative estimate of drug-likeness (QED) is 0.0362. The number of carbonyl (C=O) groups excluding carboxylic acids is 4. The average molecular weight is 878 g/mol. The molecule has 4 rings (SSSR count). The number of aromatic nitrogens is 2. The summed E-state index contributed by atoms with van der Waals surface area (Å²) in [6.45, 7) is 6.77. The molecular weight excluding hydrogens is 825 g/mol. The van der Waals surface area contributed by atoms with Gasteiger partial charge in [0.05, 0.1) is 91.8 Å². The normalized spacial score (nSPS) is 11.1. The molecule has 0 aliphatic carbocycles. The molecule has 0 radical (unpaired) electrons. The van der Waals surface area contributed by atoms with Gasteiger partial charge in [-0.05, 0) is 48.7 Å². The van der Waals surface area contributed by atoms with Crippen molar-refractivity contribution in [1.29, 1.82) is 0 Å². The summed E-state index contributed by atoms with van der Waals surface area (Å²) in [5.74, 6) is -5.04. The van der Waals surface area contributed by atoms with Crippen molar-refractivity contribution in [3.05, 3.63) is 76.6 Å². The van der Waals surface area contributed by atoms with Crippen LogP contribution >= 0.6 is 11.3 Å². The van der Waals surface area contributed by atoms with E-state index in [2.05, 4.69) is 27.9 Å². The van der Waals surface area contributed by atoms with Crippen LogP contribution in [0.2, 0.25) is 0 Å². The Bertz CT molecular complexity index is 1930. The van der Waals surface area contributed by atoms with Crippen molar-refractivity contribution in [1.82, 2.24) is 20.0 Å². The molecule has 0 fully saturated rings. The first-order valence-electron chi connectivity index (χ1n) is 19.8. The number of rotatable bonds is 31. The molecule has 20 heteroatoms. The molecule has 0 atom stereocenters. The van der Waals surface area contributed by atoms with Crippen LogP contribution in [0.3, 0.4) is 0 Å². The number of fused-ring (bicyclic) bond motifs is 1. The number of anilines is 1. The van der Waals surface area contributed by atoms with Gasteiger partial charge in [0.25, 0.3) is 11.8 Å². The van der Waals surface area contributed by atoms with Crippen molar-refractivity contribution in [3.63, 3.8) is 0 Å². The average Bonchev–Trinajstić information content (AvgIpc) is 3.87. The summed E-state index contributed by atoms with van der Waals surface area (Å²) in [7, 11) is 1.41. The standard InChI is InChI=1S/C41H53F2N5O12S/c1-3-11-54-13-15-56-17-19-58-21-22-59-20-18-57-16-14-55-12-8-37(50)60-38-32(42)24-29(25-33(38)43)27-45-36(49)5-4-9-44-39(51)31-26-30(6-7-35(31)53-2)46-40(52)34-28-48-10-23-61-41(48)47-34/h6-7,10,23-26,28H,3-5,8-9,11-22,27H2,1-2H3,(H,44,51)(H,45,49)(H,46,52). The van der Waals surface area contributed by atoms with Crippen molar-refractivity contribution >= 4 is 45.7 Å². The van der Waals surface area contributed by atoms with Crippen molar-refractivity contribution in [3.8, 4) is 11.5 Å². The van der Waals surface area contributed by atoms with E-state index < -0.39 is 41.1 Å². The fourth-order valence-electron chi connectivity index (χ4n) is 5.31. The molecule has 334 valence electrons. The van der Waals surface area contributed by atoms with Gasteiger partial charge in [-0.2, -0.15) is 0 Å². The van der Waals surface area contributed by atoms with Crippen molar-refractivity contribution in [2.45, 2.75) is 39.2 Å². The van der Waals surface area contributed by atoms with Crippen LogP contribution in [0.25, 0.3) is 4.96 Å². The molecule has 0 saturated carbocycles. The minimum absolute atomic E-state index is 0.00239. The number of carbonyl (C=O) groups is 4. The zero-order valence-corrected chi connectivity index (χ0v) is 35.1. The molecule has 2 aromatic carbocycles. The van der Waals surface area contributed by atoms with E-state index in [0.717, 1.165) is 25.2 Å². The summed E-state index contributed by atoms with van der Waals surface area (Å²) < 4.78 is 73.6. The summed E-state index contributed by atoms with van der Waals surface area (Å²) in [6, 6.07) is 6.53. The molecule has 0 aliphatic rings. The Labute approximate surface area is 356 Å².